The zero-order chi connectivity index (χ0) is 21.1. The predicted molar refractivity (Wildman–Crippen MR) is 116 cm³/mol. The molecule has 3 aromatic rings. The summed E-state index contributed by atoms with van der Waals surface area (Å²) in [6.45, 7) is 5.94. The van der Waals surface area contributed by atoms with Gasteiger partial charge in [-0.15, -0.1) is 5.10 Å². The Morgan fingerprint density at radius 3 is 2.80 bits per heavy atom. The quantitative estimate of drug-likeness (QED) is 0.442. The van der Waals surface area contributed by atoms with Crippen LogP contribution in [0.4, 0.5) is 0 Å². The van der Waals surface area contributed by atoms with Gasteiger partial charge in [-0.1, -0.05) is 42.1 Å². The third-order valence-corrected chi connectivity index (χ3v) is 6.50. The molecule has 0 aliphatic carbocycles. The van der Waals surface area contributed by atoms with Crippen LogP contribution >= 0.6 is 11.8 Å². The van der Waals surface area contributed by atoms with E-state index in [2.05, 4.69) is 26.9 Å². The smallest absolute Gasteiger partial charge is 0.344 e. The van der Waals surface area contributed by atoms with Gasteiger partial charge in [0.1, 0.15) is 0 Å². The van der Waals surface area contributed by atoms with Crippen molar-refractivity contribution in [3.05, 3.63) is 69.4 Å². The standard InChI is InChI=1S/C22H26N4O3S/c1-15-11-19(16(2)25(15)12-17-7-4-3-5-8-17)20(27)14-30-22-24-23-21(28)26(22)13-18-9-6-10-29-18/h3-5,7-8,11,18H,6,9-10,12-14H2,1-2H3,(H,23,28). The van der Waals surface area contributed by atoms with Gasteiger partial charge in [0.15, 0.2) is 10.9 Å². The molecule has 30 heavy (non-hydrogen) atoms. The normalized spacial score (nSPS) is 16.3. The second-order valence-electron chi connectivity index (χ2n) is 7.63. The van der Waals surface area contributed by atoms with Gasteiger partial charge in [-0.3, -0.25) is 9.36 Å². The fraction of sp³-hybridized carbons (Fsp3) is 0.409. The van der Waals surface area contributed by atoms with Gasteiger partial charge in [-0.05, 0) is 38.3 Å². The van der Waals surface area contributed by atoms with E-state index in [1.54, 1.807) is 4.57 Å². The van der Waals surface area contributed by atoms with Crippen LogP contribution in [0.5, 0.6) is 0 Å². The van der Waals surface area contributed by atoms with Crippen molar-refractivity contribution in [2.75, 3.05) is 12.4 Å². The number of aromatic amines is 1. The first-order valence-electron chi connectivity index (χ1n) is 10.2. The summed E-state index contributed by atoms with van der Waals surface area (Å²) in [7, 11) is 0. The Bertz CT molecular complexity index is 1080. The third kappa shape index (κ3) is 4.44. The molecule has 4 rings (SSSR count). The number of ether oxygens (including phenoxy) is 1. The molecule has 3 heterocycles. The summed E-state index contributed by atoms with van der Waals surface area (Å²) in [5, 5.41) is 7.12. The summed E-state index contributed by atoms with van der Waals surface area (Å²) in [6, 6.07) is 12.2. The predicted octanol–water partition coefficient (Wildman–Crippen LogP) is 3.19. The first-order chi connectivity index (χ1) is 14.5. The third-order valence-electron chi connectivity index (χ3n) is 5.52. The van der Waals surface area contributed by atoms with Crippen molar-refractivity contribution >= 4 is 17.5 Å². The molecule has 0 bridgehead atoms. The van der Waals surface area contributed by atoms with E-state index in [4.69, 9.17) is 4.74 Å². The van der Waals surface area contributed by atoms with Gasteiger partial charge in [0.2, 0.25) is 0 Å². The van der Waals surface area contributed by atoms with Gasteiger partial charge in [0, 0.05) is 30.1 Å². The average molecular weight is 427 g/mol. The molecule has 1 unspecified atom stereocenters. The van der Waals surface area contributed by atoms with E-state index in [1.807, 2.05) is 38.1 Å². The lowest BCUT2D eigenvalue weighted by Gasteiger charge is -2.11. The van der Waals surface area contributed by atoms with Crippen LogP contribution in [0, 0.1) is 13.8 Å². The zero-order valence-corrected chi connectivity index (χ0v) is 18.1. The van der Waals surface area contributed by atoms with Gasteiger partial charge in [0.25, 0.3) is 0 Å². The summed E-state index contributed by atoms with van der Waals surface area (Å²) in [4.78, 5) is 25.0. The highest BCUT2D eigenvalue weighted by molar-refractivity contribution is 7.99. The molecule has 0 radical (unpaired) electrons. The maximum Gasteiger partial charge on any atom is 0.344 e. The number of H-pyrrole nitrogens is 1. The monoisotopic (exact) mass is 426 g/mol. The maximum absolute atomic E-state index is 12.9. The molecular weight excluding hydrogens is 400 g/mol. The van der Waals surface area contributed by atoms with E-state index in [9.17, 15) is 9.59 Å². The number of carbonyl (C=O) groups is 1. The molecule has 7 nitrogen and oxygen atoms in total. The molecule has 158 valence electrons. The van der Waals surface area contributed by atoms with Gasteiger partial charge in [-0.25, -0.2) is 9.89 Å². The minimum Gasteiger partial charge on any atom is -0.376 e. The fourth-order valence-corrected chi connectivity index (χ4v) is 4.71. The van der Waals surface area contributed by atoms with Gasteiger partial charge in [-0.2, -0.15) is 0 Å². The number of hydrogen-bond acceptors (Lipinski definition) is 5. The number of aromatic nitrogens is 4. The first kappa shape index (κ1) is 20.7. The maximum atomic E-state index is 12.9. The zero-order valence-electron chi connectivity index (χ0n) is 17.3. The molecule has 1 aliphatic rings. The van der Waals surface area contributed by atoms with Crippen LogP contribution in [0.1, 0.15) is 40.2 Å². The fourth-order valence-electron chi connectivity index (χ4n) is 3.87. The number of aryl methyl sites for hydroxylation is 1. The van der Waals surface area contributed by atoms with Crippen molar-refractivity contribution in [1.82, 2.24) is 19.3 Å². The Kier molecular flexibility index (Phi) is 6.24. The molecule has 0 saturated carbocycles. The average Bonchev–Trinajstić information content (AvgIpc) is 3.45. The van der Waals surface area contributed by atoms with E-state index in [-0.39, 0.29) is 23.3 Å². The number of Topliss-reactive ketones (excluding diaryl/α,β-unsaturated/α-hetero) is 1. The summed E-state index contributed by atoms with van der Waals surface area (Å²) in [5.41, 5.74) is 3.67. The van der Waals surface area contributed by atoms with Crippen LogP contribution in [-0.4, -0.2) is 43.6 Å². The molecule has 0 spiro atoms. The Labute approximate surface area is 179 Å². The second-order valence-corrected chi connectivity index (χ2v) is 8.57. The molecule has 0 amide bonds. The highest BCUT2D eigenvalue weighted by Gasteiger charge is 2.21. The number of nitrogens with zero attached hydrogens (tertiary/aromatic N) is 3. The summed E-state index contributed by atoms with van der Waals surface area (Å²) in [6.07, 6.45) is 1.98. The number of thioether (sulfide) groups is 1. The summed E-state index contributed by atoms with van der Waals surface area (Å²) in [5.74, 6) is 0.261. The number of hydrogen-bond donors (Lipinski definition) is 1. The Morgan fingerprint density at radius 2 is 2.07 bits per heavy atom. The number of carbonyl (C=O) groups excluding carboxylic acids is 1. The Morgan fingerprint density at radius 1 is 1.27 bits per heavy atom. The lowest BCUT2D eigenvalue weighted by Crippen LogP contribution is -2.25. The first-order valence-corrected chi connectivity index (χ1v) is 11.1. The molecular formula is C22H26N4O3S. The van der Waals surface area contributed by atoms with Crippen molar-refractivity contribution < 1.29 is 9.53 Å². The second kappa shape index (κ2) is 9.06. The van der Waals surface area contributed by atoms with Crippen molar-refractivity contribution in [2.24, 2.45) is 0 Å². The largest absolute Gasteiger partial charge is 0.376 e. The van der Waals surface area contributed by atoms with Gasteiger partial charge >= 0.3 is 5.69 Å². The summed E-state index contributed by atoms with van der Waals surface area (Å²) < 4.78 is 9.37. The Balaban J connectivity index is 1.45. The van der Waals surface area contributed by atoms with E-state index in [0.29, 0.717) is 11.7 Å². The van der Waals surface area contributed by atoms with Crippen LogP contribution in [0.3, 0.4) is 0 Å². The van der Waals surface area contributed by atoms with Crippen LogP contribution in [0.25, 0.3) is 0 Å². The van der Waals surface area contributed by atoms with Gasteiger partial charge in [0.05, 0.1) is 18.4 Å². The van der Waals surface area contributed by atoms with E-state index < -0.39 is 0 Å². The highest BCUT2D eigenvalue weighted by Crippen LogP contribution is 2.22. The SMILES string of the molecule is Cc1cc(C(=O)CSc2n[nH]c(=O)n2CC2CCCO2)c(C)n1Cc1ccccc1. The number of ketones is 1. The molecule has 1 atom stereocenters. The van der Waals surface area contributed by atoms with Crippen LogP contribution < -0.4 is 5.69 Å². The van der Waals surface area contributed by atoms with Crippen LogP contribution in [0.15, 0.2) is 46.3 Å². The molecule has 1 aliphatic heterocycles. The lowest BCUT2D eigenvalue weighted by atomic mass is 10.2. The minimum atomic E-state index is -0.263. The van der Waals surface area contributed by atoms with Gasteiger partial charge < -0.3 is 9.30 Å². The van der Waals surface area contributed by atoms with E-state index >= 15 is 0 Å². The minimum absolute atomic E-state index is 0.0338. The summed E-state index contributed by atoms with van der Waals surface area (Å²) >= 11 is 1.29. The van der Waals surface area contributed by atoms with Crippen molar-refractivity contribution in [3.63, 3.8) is 0 Å². The lowest BCUT2D eigenvalue weighted by molar-refractivity contribution is 0.0941. The molecule has 1 saturated heterocycles. The van der Waals surface area contributed by atoms with E-state index in [1.165, 1.54) is 17.3 Å². The molecule has 8 heteroatoms. The molecule has 1 N–H and O–H groups in total. The molecule has 1 aromatic carbocycles. The Hall–Kier alpha value is -2.58. The van der Waals surface area contributed by atoms with Crippen LogP contribution in [-0.2, 0) is 17.8 Å². The molecule has 1 fully saturated rings. The van der Waals surface area contributed by atoms with Crippen molar-refractivity contribution in [1.29, 1.82) is 0 Å². The van der Waals surface area contributed by atoms with Crippen LogP contribution in [0.2, 0.25) is 0 Å². The molecule has 2 aromatic heterocycles. The van der Waals surface area contributed by atoms with Crippen molar-refractivity contribution in [2.45, 2.75) is 51.0 Å². The van der Waals surface area contributed by atoms with Crippen molar-refractivity contribution in [3.8, 4) is 0 Å². The highest BCUT2D eigenvalue weighted by atomic mass is 32.2. The topological polar surface area (TPSA) is 81.9 Å². The number of benzene rings is 1. The number of rotatable bonds is 8. The number of nitrogens with one attached hydrogen (secondary N) is 1. The van der Waals surface area contributed by atoms with E-state index in [0.717, 1.165) is 42.9 Å².